The Labute approximate surface area is 105 Å². The molecule has 0 aliphatic rings. The first-order chi connectivity index (χ1) is 8.02. The molecule has 0 spiro atoms. The molecule has 96 valence electrons. The van der Waals surface area contributed by atoms with Crippen LogP contribution in [-0.2, 0) is 6.54 Å². The predicted octanol–water partition coefficient (Wildman–Crippen LogP) is 2.80. The monoisotopic (exact) mass is 235 g/mol. The van der Waals surface area contributed by atoms with Crippen molar-refractivity contribution in [3.05, 3.63) is 34.9 Å². The molecule has 1 atom stereocenters. The van der Waals surface area contributed by atoms with E-state index in [1.807, 2.05) is 0 Å². The van der Waals surface area contributed by atoms with Crippen LogP contribution >= 0.6 is 0 Å². The van der Waals surface area contributed by atoms with Crippen molar-refractivity contribution in [3.8, 4) is 0 Å². The summed E-state index contributed by atoms with van der Waals surface area (Å²) in [5.41, 5.74) is 3.92. The SMILES string of the molecule is Cc1ccc(C)c(CNC(CO)CC(C)C)c1. The van der Waals surface area contributed by atoms with Crippen molar-refractivity contribution in [1.82, 2.24) is 5.32 Å². The summed E-state index contributed by atoms with van der Waals surface area (Å²) >= 11 is 0. The van der Waals surface area contributed by atoms with Crippen LogP contribution in [0.1, 0.15) is 37.0 Å². The summed E-state index contributed by atoms with van der Waals surface area (Å²) in [6.45, 7) is 9.66. The van der Waals surface area contributed by atoms with Gasteiger partial charge in [0.2, 0.25) is 0 Å². The summed E-state index contributed by atoms with van der Waals surface area (Å²) in [7, 11) is 0. The Bertz CT molecular complexity index is 347. The summed E-state index contributed by atoms with van der Waals surface area (Å²) in [5, 5.41) is 12.7. The first kappa shape index (κ1) is 14.2. The van der Waals surface area contributed by atoms with Crippen molar-refractivity contribution in [2.45, 2.75) is 46.7 Å². The van der Waals surface area contributed by atoms with E-state index in [4.69, 9.17) is 0 Å². The zero-order valence-electron chi connectivity index (χ0n) is 11.5. The molecule has 0 amide bonds. The lowest BCUT2D eigenvalue weighted by Gasteiger charge is -2.19. The van der Waals surface area contributed by atoms with Crippen LogP contribution in [0.2, 0.25) is 0 Å². The predicted molar refractivity (Wildman–Crippen MR) is 73.1 cm³/mol. The molecule has 2 heteroatoms. The minimum atomic E-state index is 0.204. The minimum absolute atomic E-state index is 0.204. The number of rotatable bonds is 6. The number of hydrogen-bond acceptors (Lipinski definition) is 2. The van der Waals surface area contributed by atoms with Crippen LogP contribution in [0.4, 0.5) is 0 Å². The summed E-state index contributed by atoms with van der Waals surface area (Å²) in [6, 6.07) is 6.71. The maximum atomic E-state index is 9.31. The Morgan fingerprint density at radius 1 is 1.24 bits per heavy atom. The fraction of sp³-hybridized carbons (Fsp3) is 0.600. The van der Waals surface area contributed by atoms with E-state index < -0.39 is 0 Å². The Morgan fingerprint density at radius 3 is 2.53 bits per heavy atom. The van der Waals surface area contributed by atoms with Gasteiger partial charge in [-0.25, -0.2) is 0 Å². The minimum Gasteiger partial charge on any atom is -0.395 e. The summed E-state index contributed by atoms with van der Waals surface area (Å²) < 4.78 is 0. The smallest absolute Gasteiger partial charge is 0.0584 e. The second kappa shape index (κ2) is 6.77. The molecule has 0 saturated carbocycles. The Morgan fingerprint density at radius 2 is 1.94 bits per heavy atom. The molecule has 0 saturated heterocycles. The van der Waals surface area contributed by atoms with Gasteiger partial charge in [-0.3, -0.25) is 0 Å². The van der Waals surface area contributed by atoms with Gasteiger partial charge in [0.25, 0.3) is 0 Å². The van der Waals surface area contributed by atoms with Crippen molar-refractivity contribution in [2.24, 2.45) is 5.92 Å². The van der Waals surface area contributed by atoms with Gasteiger partial charge in [0, 0.05) is 12.6 Å². The van der Waals surface area contributed by atoms with E-state index in [9.17, 15) is 5.11 Å². The first-order valence-electron chi connectivity index (χ1n) is 6.43. The van der Waals surface area contributed by atoms with Gasteiger partial charge in [-0.05, 0) is 37.3 Å². The second-order valence-corrected chi connectivity index (χ2v) is 5.32. The Balaban J connectivity index is 2.56. The highest BCUT2D eigenvalue weighted by atomic mass is 16.3. The third kappa shape index (κ3) is 4.88. The number of aryl methyl sites for hydroxylation is 2. The topological polar surface area (TPSA) is 32.3 Å². The normalized spacial score (nSPS) is 13.1. The average Bonchev–Trinajstić information content (AvgIpc) is 2.28. The zero-order valence-corrected chi connectivity index (χ0v) is 11.5. The van der Waals surface area contributed by atoms with E-state index in [-0.39, 0.29) is 12.6 Å². The van der Waals surface area contributed by atoms with Gasteiger partial charge in [0.05, 0.1) is 6.61 Å². The molecule has 0 aliphatic heterocycles. The van der Waals surface area contributed by atoms with Crippen LogP contribution in [-0.4, -0.2) is 17.8 Å². The van der Waals surface area contributed by atoms with Crippen molar-refractivity contribution in [3.63, 3.8) is 0 Å². The maximum Gasteiger partial charge on any atom is 0.0584 e. The van der Waals surface area contributed by atoms with E-state index in [1.54, 1.807) is 0 Å². The molecular formula is C15H25NO. The van der Waals surface area contributed by atoms with Crippen LogP contribution in [0.25, 0.3) is 0 Å². The van der Waals surface area contributed by atoms with Crippen LogP contribution < -0.4 is 5.32 Å². The number of benzene rings is 1. The Kier molecular flexibility index (Phi) is 5.66. The highest BCUT2D eigenvalue weighted by molar-refractivity contribution is 5.30. The van der Waals surface area contributed by atoms with Gasteiger partial charge >= 0.3 is 0 Å². The number of hydrogen-bond donors (Lipinski definition) is 2. The molecule has 0 radical (unpaired) electrons. The summed E-state index contributed by atoms with van der Waals surface area (Å²) in [5.74, 6) is 0.609. The van der Waals surface area contributed by atoms with Gasteiger partial charge in [0.15, 0.2) is 0 Å². The molecular weight excluding hydrogens is 210 g/mol. The highest BCUT2D eigenvalue weighted by Gasteiger charge is 2.09. The van der Waals surface area contributed by atoms with Crippen molar-refractivity contribution in [2.75, 3.05) is 6.61 Å². The van der Waals surface area contributed by atoms with Crippen LogP contribution in [0, 0.1) is 19.8 Å². The van der Waals surface area contributed by atoms with Crippen molar-refractivity contribution in [1.29, 1.82) is 0 Å². The largest absolute Gasteiger partial charge is 0.395 e. The highest BCUT2D eigenvalue weighted by Crippen LogP contribution is 2.11. The van der Waals surface area contributed by atoms with Crippen LogP contribution in [0.3, 0.4) is 0 Å². The quantitative estimate of drug-likeness (QED) is 0.794. The van der Waals surface area contributed by atoms with E-state index in [0.717, 1.165) is 13.0 Å². The zero-order chi connectivity index (χ0) is 12.8. The fourth-order valence-electron chi connectivity index (χ4n) is 2.04. The average molecular weight is 235 g/mol. The lowest BCUT2D eigenvalue weighted by molar-refractivity contribution is 0.223. The number of nitrogens with one attached hydrogen (secondary N) is 1. The van der Waals surface area contributed by atoms with E-state index in [0.29, 0.717) is 5.92 Å². The summed E-state index contributed by atoms with van der Waals surface area (Å²) in [6.07, 6.45) is 1.02. The third-order valence-electron chi connectivity index (χ3n) is 3.06. The number of aliphatic hydroxyl groups is 1. The lowest BCUT2D eigenvalue weighted by Crippen LogP contribution is -2.33. The molecule has 1 rings (SSSR count). The molecule has 2 nitrogen and oxygen atoms in total. The molecule has 0 heterocycles. The summed E-state index contributed by atoms with van der Waals surface area (Å²) in [4.78, 5) is 0. The molecule has 0 bridgehead atoms. The van der Waals surface area contributed by atoms with E-state index in [2.05, 4.69) is 51.2 Å². The first-order valence-corrected chi connectivity index (χ1v) is 6.43. The molecule has 1 aromatic rings. The van der Waals surface area contributed by atoms with E-state index >= 15 is 0 Å². The molecule has 2 N–H and O–H groups in total. The van der Waals surface area contributed by atoms with Gasteiger partial charge in [-0.1, -0.05) is 37.6 Å². The molecule has 0 fully saturated rings. The Hall–Kier alpha value is -0.860. The van der Waals surface area contributed by atoms with Gasteiger partial charge in [0.1, 0.15) is 0 Å². The van der Waals surface area contributed by atoms with Crippen molar-refractivity contribution >= 4 is 0 Å². The number of aliphatic hydroxyl groups excluding tert-OH is 1. The third-order valence-corrected chi connectivity index (χ3v) is 3.06. The van der Waals surface area contributed by atoms with Gasteiger partial charge in [-0.2, -0.15) is 0 Å². The molecule has 0 aromatic heterocycles. The van der Waals surface area contributed by atoms with Crippen LogP contribution in [0.5, 0.6) is 0 Å². The molecule has 1 aromatic carbocycles. The van der Waals surface area contributed by atoms with Crippen molar-refractivity contribution < 1.29 is 5.11 Å². The fourth-order valence-corrected chi connectivity index (χ4v) is 2.04. The molecule has 17 heavy (non-hydrogen) atoms. The van der Waals surface area contributed by atoms with E-state index in [1.165, 1.54) is 16.7 Å². The second-order valence-electron chi connectivity index (χ2n) is 5.32. The van der Waals surface area contributed by atoms with Gasteiger partial charge in [-0.15, -0.1) is 0 Å². The lowest BCUT2D eigenvalue weighted by atomic mass is 10.0. The molecule has 1 unspecified atom stereocenters. The maximum absolute atomic E-state index is 9.31. The molecule has 0 aliphatic carbocycles. The standard InChI is InChI=1S/C15H25NO/c1-11(2)7-15(10-17)16-9-14-8-12(3)5-6-13(14)4/h5-6,8,11,15-17H,7,9-10H2,1-4H3. The van der Waals surface area contributed by atoms with Crippen LogP contribution in [0.15, 0.2) is 18.2 Å². The van der Waals surface area contributed by atoms with Gasteiger partial charge < -0.3 is 10.4 Å².